The van der Waals surface area contributed by atoms with E-state index in [4.69, 9.17) is 10.5 Å². The molecule has 2 nitrogen and oxygen atoms in total. The highest BCUT2D eigenvalue weighted by Crippen LogP contribution is 2.29. The summed E-state index contributed by atoms with van der Waals surface area (Å²) in [6, 6.07) is 0. The molecule has 0 spiro atoms. The normalized spacial score (nSPS) is 32.6. The molecule has 2 N–H and O–H groups in total. The van der Waals surface area contributed by atoms with Crippen LogP contribution in [0.2, 0.25) is 0 Å². The Labute approximate surface area is 88.2 Å². The first-order valence-corrected chi connectivity index (χ1v) is 5.97. The predicted molar refractivity (Wildman–Crippen MR) is 60.3 cm³/mol. The van der Waals surface area contributed by atoms with Crippen molar-refractivity contribution in [3.8, 4) is 0 Å². The molecule has 84 valence electrons. The molecule has 0 aromatic carbocycles. The van der Waals surface area contributed by atoms with Gasteiger partial charge in [-0.1, -0.05) is 13.8 Å². The summed E-state index contributed by atoms with van der Waals surface area (Å²) in [4.78, 5) is 0. The van der Waals surface area contributed by atoms with Gasteiger partial charge in [-0.2, -0.15) is 0 Å². The minimum atomic E-state index is -0.0920. The number of hydrogen-bond acceptors (Lipinski definition) is 2. The number of nitrogens with two attached hydrogens (primary N) is 1. The lowest BCUT2D eigenvalue weighted by Crippen LogP contribution is -2.41. The summed E-state index contributed by atoms with van der Waals surface area (Å²) in [7, 11) is 0. The lowest BCUT2D eigenvalue weighted by Gasteiger charge is -2.35. The van der Waals surface area contributed by atoms with Crippen LogP contribution >= 0.6 is 0 Å². The molecule has 1 fully saturated rings. The Balaban J connectivity index is 2.36. The SMILES string of the molecule is CCC(C)(CN)OC1CCC(C)CC1. The quantitative estimate of drug-likeness (QED) is 0.755. The Morgan fingerprint density at radius 2 is 1.86 bits per heavy atom. The van der Waals surface area contributed by atoms with E-state index >= 15 is 0 Å². The minimum absolute atomic E-state index is 0.0920. The van der Waals surface area contributed by atoms with Crippen molar-refractivity contribution in [3.63, 3.8) is 0 Å². The molecule has 0 aromatic heterocycles. The van der Waals surface area contributed by atoms with Crippen molar-refractivity contribution in [1.29, 1.82) is 0 Å². The molecule has 0 saturated heterocycles. The van der Waals surface area contributed by atoms with Crippen molar-refractivity contribution in [2.24, 2.45) is 11.7 Å². The van der Waals surface area contributed by atoms with E-state index in [0.717, 1.165) is 12.3 Å². The summed E-state index contributed by atoms with van der Waals surface area (Å²) < 4.78 is 6.10. The van der Waals surface area contributed by atoms with Crippen molar-refractivity contribution in [3.05, 3.63) is 0 Å². The Morgan fingerprint density at radius 1 is 1.29 bits per heavy atom. The van der Waals surface area contributed by atoms with Gasteiger partial charge in [0.05, 0.1) is 11.7 Å². The molecule has 14 heavy (non-hydrogen) atoms. The average Bonchev–Trinajstić information content (AvgIpc) is 2.21. The summed E-state index contributed by atoms with van der Waals surface area (Å²) in [5.41, 5.74) is 5.64. The van der Waals surface area contributed by atoms with Gasteiger partial charge in [0.25, 0.3) is 0 Å². The van der Waals surface area contributed by atoms with Crippen LogP contribution in [0.15, 0.2) is 0 Å². The van der Waals surface area contributed by atoms with E-state index in [2.05, 4.69) is 20.8 Å². The molecule has 1 unspecified atom stereocenters. The van der Waals surface area contributed by atoms with Gasteiger partial charge in [-0.05, 0) is 44.9 Å². The van der Waals surface area contributed by atoms with E-state index in [1.54, 1.807) is 0 Å². The molecule has 2 heteroatoms. The molecule has 0 bridgehead atoms. The topological polar surface area (TPSA) is 35.2 Å². The van der Waals surface area contributed by atoms with Crippen molar-refractivity contribution < 1.29 is 4.74 Å². The number of rotatable bonds is 4. The molecule has 0 amide bonds. The van der Waals surface area contributed by atoms with Crippen LogP contribution in [-0.4, -0.2) is 18.2 Å². The maximum atomic E-state index is 6.10. The lowest BCUT2D eigenvalue weighted by atomic mass is 9.88. The van der Waals surface area contributed by atoms with Crippen molar-refractivity contribution in [2.45, 2.75) is 64.6 Å². The second kappa shape index (κ2) is 5.13. The Kier molecular flexibility index (Phi) is 4.39. The van der Waals surface area contributed by atoms with E-state index in [0.29, 0.717) is 12.6 Å². The minimum Gasteiger partial charge on any atom is -0.371 e. The van der Waals surface area contributed by atoms with Gasteiger partial charge in [0, 0.05) is 6.54 Å². The number of ether oxygens (including phenoxy) is 1. The standard InChI is InChI=1S/C12H25NO/c1-4-12(3,9-13)14-11-7-5-10(2)6-8-11/h10-11H,4-9,13H2,1-3H3. The van der Waals surface area contributed by atoms with Gasteiger partial charge in [0.15, 0.2) is 0 Å². The van der Waals surface area contributed by atoms with Gasteiger partial charge >= 0.3 is 0 Å². The van der Waals surface area contributed by atoms with Gasteiger partial charge in [0.1, 0.15) is 0 Å². The average molecular weight is 199 g/mol. The van der Waals surface area contributed by atoms with Crippen LogP contribution in [0, 0.1) is 5.92 Å². The fourth-order valence-electron chi connectivity index (χ4n) is 2.03. The molecule has 1 saturated carbocycles. The Morgan fingerprint density at radius 3 is 2.29 bits per heavy atom. The Hall–Kier alpha value is -0.0800. The molecule has 0 radical (unpaired) electrons. The summed E-state index contributed by atoms with van der Waals surface area (Å²) in [5.74, 6) is 0.889. The molecule has 1 rings (SSSR count). The third-order valence-corrected chi connectivity index (χ3v) is 3.59. The highest BCUT2D eigenvalue weighted by atomic mass is 16.5. The first-order valence-electron chi connectivity index (χ1n) is 5.97. The van der Waals surface area contributed by atoms with Crippen LogP contribution in [0.5, 0.6) is 0 Å². The predicted octanol–water partition coefficient (Wildman–Crippen LogP) is 2.71. The largest absolute Gasteiger partial charge is 0.371 e. The van der Waals surface area contributed by atoms with Crippen molar-refractivity contribution in [2.75, 3.05) is 6.54 Å². The molecular weight excluding hydrogens is 174 g/mol. The van der Waals surface area contributed by atoms with Gasteiger partial charge in [-0.3, -0.25) is 0 Å². The van der Waals surface area contributed by atoms with Crippen LogP contribution < -0.4 is 5.73 Å². The maximum absolute atomic E-state index is 6.10. The maximum Gasteiger partial charge on any atom is 0.0777 e. The monoisotopic (exact) mass is 199 g/mol. The molecule has 1 atom stereocenters. The van der Waals surface area contributed by atoms with Crippen LogP contribution in [0.4, 0.5) is 0 Å². The fraction of sp³-hybridized carbons (Fsp3) is 1.00. The summed E-state index contributed by atoms with van der Waals surface area (Å²) in [6.07, 6.45) is 6.53. The molecular formula is C12H25NO. The second-order valence-corrected chi connectivity index (χ2v) is 5.01. The highest BCUT2D eigenvalue weighted by Gasteiger charge is 2.27. The van der Waals surface area contributed by atoms with Crippen LogP contribution in [-0.2, 0) is 4.74 Å². The highest BCUT2D eigenvalue weighted by molar-refractivity contribution is 4.79. The summed E-state index contributed by atoms with van der Waals surface area (Å²) in [5, 5.41) is 0. The zero-order valence-corrected chi connectivity index (χ0v) is 9.88. The first-order chi connectivity index (χ1) is 6.59. The summed E-state index contributed by atoms with van der Waals surface area (Å²) in [6.45, 7) is 7.25. The van der Waals surface area contributed by atoms with E-state index in [1.165, 1.54) is 25.7 Å². The smallest absolute Gasteiger partial charge is 0.0777 e. The van der Waals surface area contributed by atoms with Crippen LogP contribution in [0.1, 0.15) is 52.9 Å². The van der Waals surface area contributed by atoms with Crippen LogP contribution in [0.3, 0.4) is 0 Å². The molecule has 1 aliphatic carbocycles. The Bertz CT molecular complexity index is 158. The lowest BCUT2D eigenvalue weighted by molar-refractivity contribution is -0.0948. The van der Waals surface area contributed by atoms with Gasteiger partial charge in [-0.25, -0.2) is 0 Å². The molecule has 0 aliphatic heterocycles. The van der Waals surface area contributed by atoms with Crippen LogP contribution in [0.25, 0.3) is 0 Å². The first kappa shape index (κ1) is 12.0. The van der Waals surface area contributed by atoms with E-state index < -0.39 is 0 Å². The second-order valence-electron chi connectivity index (χ2n) is 5.01. The van der Waals surface area contributed by atoms with E-state index in [-0.39, 0.29) is 5.60 Å². The van der Waals surface area contributed by atoms with Gasteiger partial charge in [-0.15, -0.1) is 0 Å². The third-order valence-electron chi connectivity index (χ3n) is 3.59. The number of hydrogen-bond donors (Lipinski definition) is 1. The molecule has 1 aliphatic rings. The van der Waals surface area contributed by atoms with E-state index in [9.17, 15) is 0 Å². The van der Waals surface area contributed by atoms with Gasteiger partial charge in [0.2, 0.25) is 0 Å². The zero-order chi connectivity index (χ0) is 10.6. The van der Waals surface area contributed by atoms with E-state index in [1.807, 2.05) is 0 Å². The van der Waals surface area contributed by atoms with Crippen molar-refractivity contribution >= 4 is 0 Å². The van der Waals surface area contributed by atoms with Crippen molar-refractivity contribution in [1.82, 2.24) is 0 Å². The molecule has 0 heterocycles. The summed E-state index contributed by atoms with van der Waals surface area (Å²) >= 11 is 0. The molecule has 0 aromatic rings. The van der Waals surface area contributed by atoms with Gasteiger partial charge < -0.3 is 10.5 Å². The third kappa shape index (κ3) is 3.25. The fourth-order valence-corrected chi connectivity index (χ4v) is 2.03. The zero-order valence-electron chi connectivity index (χ0n) is 9.88.